The first kappa shape index (κ1) is 10.6. The van der Waals surface area contributed by atoms with Crippen molar-refractivity contribution in [3.63, 3.8) is 0 Å². The number of nitrogens with zero attached hydrogens (tertiary/aromatic N) is 1. The largest absolute Gasteiger partial charge is 0.366 e. The Morgan fingerprint density at radius 2 is 2.17 bits per heavy atom. The number of nitrogens with two attached hydrogens (primary N) is 1. The molecule has 90 valence electrons. The van der Waals surface area contributed by atoms with Crippen LogP contribution in [-0.4, -0.2) is 21.1 Å². The minimum Gasteiger partial charge on any atom is -0.366 e. The number of fused-ring (bicyclic) bond motifs is 1. The molecule has 0 fully saturated rings. The smallest absolute Gasteiger partial charge is 0.249 e. The lowest BCUT2D eigenvalue weighted by Crippen LogP contribution is -2.12. The summed E-state index contributed by atoms with van der Waals surface area (Å²) >= 11 is 0. The van der Waals surface area contributed by atoms with Gasteiger partial charge in [0, 0.05) is 28.9 Å². The van der Waals surface area contributed by atoms with E-state index in [0.717, 1.165) is 27.7 Å². The molecule has 0 saturated heterocycles. The van der Waals surface area contributed by atoms with Gasteiger partial charge in [-0.2, -0.15) is 5.10 Å². The van der Waals surface area contributed by atoms with Crippen LogP contribution in [0.1, 0.15) is 15.9 Å². The molecule has 1 aromatic carbocycles. The third-order valence-corrected chi connectivity index (χ3v) is 2.98. The highest BCUT2D eigenvalue weighted by Crippen LogP contribution is 2.29. The predicted molar refractivity (Wildman–Crippen MR) is 69.1 cm³/mol. The number of carbonyl (C=O) groups excluding carboxylic acids is 1. The molecular weight excluding hydrogens is 228 g/mol. The summed E-state index contributed by atoms with van der Waals surface area (Å²) in [6.45, 7) is 1.92. The lowest BCUT2D eigenvalue weighted by molar-refractivity contribution is 0.100. The molecule has 0 bridgehead atoms. The van der Waals surface area contributed by atoms with E-state index in [1.807, 2.05) is 31.5 Å². The van der Waals surface area contributed by atoms with Gasteiger partial charge in [-0.15, -0.1) is 0 Å². The van der Waals surface area contributed by atoms with Crippen molar-refractivity contribution < 1.29 is 4.79 Å². The number of aromatic nitrogens is 3. The summed E-state index contributed by atoms with van der Waals surface area (Å²) in [5.74, 6) is -0.444. The van der Waals surface area contributed by atoms with Crippen molar-refractivity contribution in [2.45, 2.75) is 6.92 Å². The van der Waals surface area contributed by atoms with E-state index in [4.69, 9.17) is 5.73 Å². The summed E-state index contributed by atoms with van der Waals surface area (Å²) in [4.78, 5) is 14.5. The Labute approximate surface area is 103 Å². The Morgan fingerprint density at radius 1 is 1.33 bits per heavy atom. The quantitative estimate of drug-likeness (QED) is 0.639. The van der Waals surface area contributed by atoms with Crippen LogP contribution in [0.15, 0.2) is 30.6 Å². The number of benzene rings is 1. The maximum atomic E-state index is 11.5. The fourth-order valence-corrected chi connectivity index (χ4v) is 2.10. The molecule has 2 heterocycles. The number of rotatable bonds is 2. The van der Waals surface area contributed by atoms with E-state index in [2.05, 4.69) is 15.2 Å². The molecule has 1 amide bonds. The molecule has 3 aromatic rings. The van der Waals surface area contributed by atoms with Gasteiger partial charge in [-0.1, -0.05) is 17.7 Å². The molecule has 0 aliphatic carbocycles. The molecule has 5 heteroatoms. The molecule has 0 aliphatic heterocycles. The van der Waals surface area contributed by atoms with E-state index in [9.17, 15) is 4.79 Å². The second kappa shape index (κ2) is 3.73. The van der Waals surface area contributed by atoms with Crippen LogP contribution in [0.5, 0.6) is 0 Å². The number of carbonyl (C=O) groups is 1. The van der Waals surface area contributed by atoms with Gasteiger partial charge in [-0.05, 0) is 13.0 Å². The van der Waals surface area contributed by atoms with Gasteiger partial charge < -0.3 is 10.7 Å². The molecular formula is C13H12N4O. The number of amides is 1. The maximum absolute atomic E-state index is 11.5. The number of H-pyrrole nitrogens is 2. The summed E-state index contributed by atoms with van der Waals surface area (Å²) < 4.78 is 0. The van der Waals surface area contributed by atoms with Crippen LogP contribution in [0, 0.1) is 6.92 Å². The number of nitrogens with one attached hydrogen (secondary N) is 2. The van der Waals surface area contributed by atoms with Crippen LogP contribution in [0.3, 0.4) is 0 Å². The normalized spacial score (nSPS) is 10.9. The Bertz CT molecular complexity index is 738. The first-order chi connectivity index (χ1) is 8.66. The molecule has 0 radical (unpaired) electrons. The second-order valence-corrected chi connectivity index (χ2v) is 4.27. The SMILES string of the molecule is Cc1ccc(-c2n[nH]c3c[nH]cc23)c(C(N)=O)c1. The standard InChI is InChI=1S/C13H12N4O/c1-7-2-3-8(9(4-7)13(14)18)12-10-5-15-6-11(10)16-17-12/h2-6,15-16H,1H3,(H2,14,18). The zero-order valence-electron chi connectivity index (χ0n) is 9.82. The van der Waals surface area contributed by atoms with Crippen LogP contribution in [0.4, 0.5) is 0 Å². The number of hydrogen-bond acceptors (Lipinski definition) is 2. The first-order valence-electron chi connectivity index (χ1n) is 5.58. The van der Waals surface area contributed by atoms with E-state index < -0.39 is 5.91 Å². The topological polar surface area (TPSA) is 87.6 Å². The molecule has 0 unspecified atom stereocenters. The van der Waals surface area contributed by atoms with Crippen molar-refractivity contribution in [1.29, 1.82) is 0 Å². The molecule has 2 aromatic heterocycles. The summed E-state index contributed by atoms with van der Waals surface area (Å²) in [6, 6.07) is 5.60. The monoisotopic (exact) mass is 240 g/mol. The van der Waals surface area contributed by atoms with Crippen LogP contribution >= 0.6 is 0 Å². The molecule has 0 saturated carbocycles. The highest BCUT2D eigenvalue weighted by molar-refractivity contribution is 6.03. The maximum Gasteiger partial charge on any atom is 0.249 e. The minimum atomic E-state index is -0.444. The van der Waals surface area contributed by atoms with Gasteiger partial charge in [0.2, 0.25) is 5.91 Å². The summed E-state index contributed by atoms with van der Waals surface area (Å²) in [6.07, 6.45) is 3.67. The minimum absolute atomic E-state index is 0.444. The third kappa shape index (κ3) is 1.48. The molecule has 0 aliphatic rings. The van der Waals surface area contributed by atoms with Crippen molar-refractivity contribution in [2.24, 2.45) is 5.73 Å². The second-order valence-electron chi connectivity index (χ2n) is 4.27. The highest BCUT2D eigenvalue weighted by atomic mass is 16.1. The van der Waals surface area contributed by atoms with E-state index in [0.29, 0.717) is 5.56 Å². The highest BCUT2D eigenvalue weighted by Gasteiger charge is 2.15. The van der Waals surface area contributed by atoms with Gasteiger partial charge in [0.05, 0.1) is 5.52 Å². The number of hydrogen-bond donors (Lipinski definition) is 3. The number of aryl methyl sites for hydroxylation is 1. The Hall–Kier alpha value is -2.56. The fraction of sp³-hybridized carbons (Fsp3) is 0.0769. The van der Waals surface area contributed by atoms with Crippen molar-refractivity contribution >= 4 is 16.8 Å². The van der Waals surface area contributed by atoms with E-state index in [1.165, 1.54) is 0 Å². The number of aromatic amines is 2. The average molecular weight is 240 g/mol. The van der Waals surface area contributed by atoms with Crippen molar-refractivity contribution in [3.8, 4) is 11.3 Å². The van der Waals surface area contributed by atoms with Crippen LogP contribution in [-0.2, 0) is 0 Å². The van der Waals surface area contributed by atoms with Gasteiger partial charge in [0.25, 0.3) is 0 Å². The lowest BCUT2D eigenvalue weighted by atomic mass is 10.00. The van der Waals surface area contributed by atoms with Gasteiger partial charge in [-0.25, -0.2) is 0 Å². The molecule has 5 nitrogen and oxygen atoms in total. The van der Waals surface area contributed by atoms with Gasteiger partial charge >= 0.3 is 0 Å². The average Bonchev–Trinajstić information content (AvgIpc) is 2.91. The van der Waals surface area contributed by atoms with Crippen molar-refractivity contribution in [1.82, 2.24) is 15.2 Å². The van der Waals surface area contributed by atoms with Crippen molar-refractivity contribution in [2.75, 3.05) is 0 Å². The molecule has 0 spiro atoms. The molecule has 0 atom stereocenters. The Balaban J connectivity index is 2.29. The predicted octanol–water partition coefficient (Wildman–Crippen LogP) is 1.97. The van der Waals surface area contributed by atoms with Crippen LogP contribution < -0.4 is 5.73 Å². The summed E-state index contributed by atoms with van der Waals surface area (Å²) in [5, 5.41) is 8.11. The van der Waals surface area contributed by atoms with E-state index in [1.54, 1.807) is 6.07 Å². The van der Waals surface area contributed by atoms with E-state index in [-0.39, 0.29) is 0 Å². The third-order valence-electron chi connectivity index (χ3n) is 2.98. The Morgan fingerprint density at radius 3 is 2.94 bits per heavy atom. The zero-order valence-corrected chi connectivity index (χ0v) is 9.82. The molecule has 4 N–H and O–H groups in total. The van der Waals surface area contributed by atoms with Crippen molar-refractivity contribution in [3.05, 3.63) is 41.7 Å². The van der Waals surface area contributed by atoms with E-state index >= 15 is 0 Å². The van der Waals surface area contributed by atoms with Crippen LogP contribution in [0.2, 0.25) is 0 Å². The van der Waals surface area contributed by atoms with Gasteiger partial charge in [-0.3, -0.25) is 9.89 Å². The number of primary amides is 1. The van der Waals surface area contributed by atoms with Crippen LogP contribution in [0.25, 0.3) is 22.2 Å². The zero-order chi connectivity index (χ0) is 12.7. The molecule has 18 heavy (non-hydrogen) atoms. The van der Waals surface area contributed by atoms with Gasteiger partial charge in [0.15, 0.2) is 0 Å². The summed E-state index contributed by atoms with van der Waals surface area (Å²) in [5.41, 5.74) is 9.30. The molecule has 3 rings (SSSR count). The lowest BCUT2D eigenvalue weighted by Gasteiger charge is -2.05. The van der Waals surface area contributed by atoms with Gasteiger partial charge in [0.1, 0.15) is 5.69 Å². The fourth-order valence-electron chi connectivity index (χ4n) is 2.10. The Kier molecular flexibility index (Phi) is 2.19. The summed E-state index contributed by atoms with van der Waals surface area (Å²) in [7, 11) is 0. The first-order valence-corrected chi connectivity index (χ1v) is 5.58.